The molecule has 1 unspecified atom stereocenters. The first kappa shape index (κ1) is 20.1. The van der Waals surface area contributed by atoms with Crippen LogP contribution in [0.1, 0.15) is 12.8 Å². The number of para-hydroxylation sites is 1. The summed E-state index contributed by atoms with van der Waals surface area (Å²) in [5.41, 5.74) is 1.25. The lowest BCUT2D eigenvalue weighted by Gasteiger charge is -2.16. The highest BCUT2D eigenvalue weighted by atomic mass is 79.9. The molecule has 1 aliphatic rings. The Morgan fingerprint density at radius 1 is 1.28 bits per heavy atom. The van der Waals surface area contributed by atoms with E-state index in [1.54, 1.807) is 10.6 Å². The lowest BCUT2D eigenvalue weighted by atomic mass is 10.2. The van der Waals surface area contributed by atoms with Crippen molar-refractivity contribution in [1.82, 2.24) is 9.55 Å². The normalized spacial score (nSPS) is 16.2. The molecule has 0 saturated carbocycles. The van der Waals surface area contributed by atoms with E-state index in [2.05, 4.69) is 26.2 Å². The van der Waals surface area contributed by atoms with Gasteiger partial charge in [-0.15, -0.1) is 0 Å². The molecule has 1 N–H and O–H groups in total. The Morgan fingerprint density at radius 2 is 2.14 bits per heavy atom. The number of amides is 1. The molecule has 0 radical (unpaired) electrons. The van der Waals surface area contributed by atoms with Crippen molar-refractivity contribution in [3.8, 4) is 0 Å². The largest absolute Gasteiger partial charge is 0.376 e. The zero-order valence-electron chi connectivity index (χ0n) is 15.6. The first-order valence-corrected chi connectivity index (χ1v) is 11.2. The fourth-order valence-electron chi connectivity index (χ4n) is 3.30. The van der Waals surface area contributed by atoms with Crippen molar-refractivity contribution < 1.29 is 9.53 Å². The van der Waals surface area contributed by atoms with Crippen LogP contribution in [0.5, 0.6) is 0 Å². The molecule has 2 aromatic carbocycles. The van der Waals surface area contributed by atoms with E-state index in [1.165, 1.54) is 11.8 Å². The molecule has 2 heterocycles. The Kier molecular flexibility index (Phi) is 6.32. The standard InChI is InChI=1S/C21H20BrN3O3S/c22-14-5-3-6-15(11-14)23-19(26)13-29-21-24-18-9-2-1-8-17(18)20(27)25(21)12-16-7-4-10-28-16/h1-3,5-6,8-9,11,16H,4,7,10,12-13H2,(H,23,26). The van der Waals surface area contributed by atoms with Gasteiger partial charge in [-0.1, -0.05) is 45.9 Å². The topological polar surface area (TPSA) is 73.2 Å². The molecule has 1 aliphatic heterocycles. The average Bonchev–Trinajstić information content (AvgIpc) is 3.22. The lowest BCUT2D eigenvalue weighted by molar-refractivity contribution is -0.113. The predicted octanol–water partition coefficient (Wildman–Crippen LogP) is 4.07. The second-order valence-electron chi connectivity index (χ2n) is 6.81. The zero-order chi connectivity index (χ0) is 20.2. The van der Waals surface area contributed by atoms with Gasteiger partial charge in [-0.25, -0.2) is 4.98 Å². The zero-order valence-corrected chi connectivity index (χ0v) is 18.0. The number of rotatable bonds is 6. The molecule has 150 valence electrons. The van der Waals surface area contributed by atoms with Gasteiger partial charge in [0.15, 0.2) is 5.16 Å². The number of anilines is 1. The minimum atomic E-state index is -0.154. The van der Waals surface area contributed by atoms with Crippen molar-refractivity contribution in [2.24, 2.45) is 0 Å². The maximum absolute atomic E-state index is 13.1. The van der Waals surface area contributed by atoms with E-state index in [9.17, 15) is 9.59 Å². The molecule has 0 aliphatic carbocycles. The van der Waals surface area contributed by atoms with Gasteiger partial charge in [-0.3, -0.25) is 14.2 Å². The summed E-state index contributed by atoms with van der Waals surface area (Å²) < 4.78 is 8.26. The molecular weight excluding hydrogens is 454 g/mol. The molecule has 3 aromatic rings. The molecule has 0 spiro atoms. The Labute approximate surface area is 180 Å². The third-order valence-electron chi connectivity index (χ3n) is 4.68. The van der Waals surface area contributed by atoms with Crippen LogP contribution < -0.4 is 10.9 Å². The number of nitrogens with one attached hydrogen (secondary N) is 1. The van der Waals surface area contributed by atoms with Crippen molar-refractivity contribution in [3.63, 3.8) is 0 Å². The van der Waals surface area contributed by atoms with E-state index in [0.29, 0.717) is 28.3 Å². The van der Waals surface area contributed by atoms with Gasteiger partial charge in [-0.05, 0) is 43.2 Å². The van der Waals surface area contributed by atoms with Gasteiger partial charge in [0.25, 0.3) is 5.56 Å². The third kappa shape index (κ3) is 4.88. The van der Waals surface area contributed by atoms with Crippen molar-refractivity contribution in [3.05, 3.63) is 63.4 Å². The maximum Gasteiger partial charge on any atom is 0.262 e. The molecule has 1 aromatic heterocycles. The van der Waals surface area contributed by atoms with E-state index in [0.717, 1.165) is 23.9 Å². The first-order valence-electron chi connectivity index (χ1n) is 9.39. The van der Waals surface area contributed by atoms with Crippen LogP contribution in [0.3, 0.4) is 0 Å². The average molecular weight is 474 g/mol. The van der Waals surface area contributed by atoms with Crippen molar-refractivity contribution in [2.45, 2.75) is 30.6 Å². The summed E-state index contributed by atoms with van der Waals surface area (Å²) in [7, 11) is 0. The number of benzene rings is 2. The molecule has 1 saturated heterocycles. The van der Waals surface area contributed by atoms with Crippen LogP contribution >= 0.6 is 27.7 Å². The highest BCUT2D eigenvalue weighted by Crippen LogP contribution is 2.22. The van der Waals surface area contributed by atoms with E-state index < -0.39 is 0 Å². The number of hydrogen-bond donors (Lipinski definition) is 1. The van der Waals surface area contributed by atoms with Gasteiger partial charge in [-0.2, -0.15) is 0 Å². The fourth-order valence-corrected chi connectivity index (χ4v) is 4.51. The van der Waals surface area contributed by atoms with Crippen LogP contribution in [-0.2, 0) is 16.1 Å². The quantitative estimate of drug-likeness (QED) is 0.431. The van der Waals surface area contributed by atoms with E-state index in [-0.39, 0.29) is 23.3 Å². The summed E-state index contributed by atoms with van der Waals surface area (Å²) in [4.78, 5) is 30.1. The smallest absolute Gasteiger partial charge is 0.262 e. The molecule has 1 amide bonds. The molecule has 0 bridgehead atoms. The van der Waals surface area contributed by atoms with Crippen LogP contribution in [-0.4, -0.2) is 33.9 Å². The molecule has 1 fully saturated rings. The number of halogens is 1. The maximum atomic E-state index is 13.1. The summed E-state index contributed by atoms with van der Waals surface area (Å²) in [6.07, 6.45) is 1.93. The lowest BCUT2D eigenvalue weighted by Crippen LogP contribution is -2.29. The van der Waals surface area contributed by atoms with E-state index in [1.807, 2.05) is 42.5 Å². The molecule has 6 nitrogen and oxygen atoms in total. The number of carbonyl (C=O) groups excluding carboxylic acids is 1. The molecule has 4 rings (SSSR count). The summed E-state index contributed by atoms with van der Waals surface area (Å²) in [6.45, 7) is 1.17. The van der Waals surface area contributed by atoms with Crippen LogP contribution in [0.2, 0.25) is 0 Å². The van der Waals surface area contributed by atoms with Gasteiger partial charge >= 0.3 is 0 Å². The van der Waals surface area contributed by atoms with Gasteiger partial charge in [0, 0.05) is 16.8 Å². The van der Waals surface area contributed by atoms with Crippen molar-refractivity contribution in [1.29, 1.82) is 0 Å². The SMILES string of the molecule is O=C(CSc1nc2ccccc2c(=O)n1CC1CCCO1)Nc1cccc(Br)c1. The van der Waals surface area contributed by atoms with Gasteiger partial charge in [0.2, 0.25) is 5.91 Å². The minimum absolute atomic E-state index is 0.00510. The summed E-state index contributed by atoms with van der Waals surface area (Å²) in [6, 6.07) is 14.7. The van der Waals surface area contributed by atoms with Gasteiger partial charge < -0.3 is 10.1 Å². The second kappa shape index (κ2) is 9.11. The van der Waals surface area contributed by atoms with Crippen LogP contribution in [0, 0.1) is 0 Å². The fraction of sp³-hybridized carbons (Fsp3) is 0.286. The summed E-state index contributed by atoms with van der Waals surface area (Å²) in [5, 5.41) is 3.98. The summed E-state index contributed by atoms with van der Waals surface area (Å²) in [5.74, 6) is 0.00203. The predicted molar refractivity (Wildman–Crippen MR) is 118 cm³/mol. The molecule has 1 atom stereocenters. The number of aromatic nitrogens is 2. The van der Waals surface area contributed by atoms with E-state index >= 15 is 0 Å². The Hall–Kier alpha value is -2.16. The van der Waals surface area contributed by atoms with Crippen molar-refractivity contribution >= 4 is 50.2 Å². The van der Waals surface area contributed by atoms with Gasteiger partial charge in [0.1, 0.15) is 0 Å². The molecular formula is C21H20BrN3O3S. The Balaban J connectivity index is 1.56. The third-order valence-corrected chi connectivity index (χ3v) is 6.15. The molecule has 8 heteroatoms. The Bertz CT molecular complexity index is 1100. The second-order valence-corrected chi connectivity index (χ2v) is 8.67. The highest BCUT2D eigenvalue weighted by Gasteiger charge is 2.20. The number of thioether (sulfide) groups is 1. The number of hydrogen-bond acceptors (Lipinski definition) is 5. The number of fused-ring (bicyclic) bond motifs is 1. The Morgan fingerprint density at radius 3 is 2.93 bits per heavy atom. The van der Waals surface area contributed by atoms with Crippen LogP contribution in [0.25, 0.3) is 10.9 Å². The monoisotopic (exact) mass is 473 g/mol. The number of nitrogens with zero attached hydrogens (tertiary/aromatic N) is 2. The van der Waals surface area contributed by atoms with Crippen molar-refractivity contribution in [2.75, 3.05) is 17.7 Å². The number of carbonyl (C=O) groups is 1. The van der Waals surface area contributed by atoms with Gasteiger partial charge in [0.05, 0.1) is 29.3 Å². The first-order chi connectivity index (χ1) is 14.1. The highest BCUT2D eigenvalue weighted by molar-refractivity contribution is 9.10. The van der Waals surface area contributed by atoms with E-state index in [4.69, 9.17) is 4.74 Å². The van der Waals surface area contributed by atoms with Crippen LogP contribution in [0.15, 0.2) is 63.0 Å². The minimum Gasteiger partial charge on any atom is -0.376 e. The summed E-state index contributed by atoms with van der Waals surface area (Å²) >= 11 is 4.66. The van der Waals surface area contributed by atoms with Crippen LogP contribution in [0.4, 0.5) is 5.69 Å². The molecule has 29 heavy (non-hydrogen) atoms. The number of ether oxygens (including phenoxy) is 1.